The molecular formula is C12H18N2O. The van der Waals surface area contributed by atoms with Gasteiger partial charge in [0, 0.05) is 26.1 Å². The molecule has 1 fully saturated rings. The zero-order chi connectivity index (χ0) is 10.7. The Kier molecular flexibility index (Phi) is 3.19. The number of hydrogen-bond donors (Lipinski definition) is 0. The first kappa shape index (κ1) is 10.4. The third-order valence-corrected chi connectivity index (χ3v) is 3.15. The molecule has 1 aliphatic rings. The highest BCUT2D eigenvalue weighted by Gasteiger charge is 2.18. The Morgan fingerprint density at radius 2 is 2.27 bits per heavy atom. The maximum absolute atomic E-state index is 11.7. The van der Waals surface area contributed by atoms with Crippen molar-refractivity contribution in [2.75, 3.05) is 0 Å². The van der Waals surface area contributed by atoms with Crippen molar-refractivity contribution in [2.24, 2.45) is 13.0 Å². The third kappa shape index (κ3) is 2.91. The normalized spacial score (nSPS) is 17.1. The smallest absolute Gasteiger partial charge is 0.137 e. The molecule has 0 radical (unpaired) electrons. The van der Waals surface area contributed by atoms with Gasteiger partial charge in [0.05, 0.1) is 6.20 Å². The second-order valence-corrected chi connectivity index (χ2v) is 4.59. The Bertz CT molecular complexity index is 337. The molecule has 1 aliphatic carbocycles. The van der Waals surface area contributed by atoms with Crippen LogP contribution in [-0.2, 0) is 18.3 Å². The molecule has 1 aromatic rings. The number of ketones is 1. The molecule has 0 spiro atoms. The van der Waals surface area contributed by atoms with E-state index >= 15 is 0 Å². The highest BCUT2D eigenvalue weighted by Crippen LogP contribution is 2.27. The van der Waals surface area contributed by atoms with Crippen LogP contribution in [0.2, 0.25) is 0 Å². The summed E-state index contributed by atoms with van der Waals surface area (Å²) in [6.07, 6.45) is 10.2. The first-order valence-electron chi connectivity index (χ1n) is 5.73. The van der Waals surface area contributed by atoms with Gasteiger partial charge in [-0.1, -0.05) is 25.7 Å². The molecule has 15 heavy (non-hydrogen) atoms. The molecule has 0 aromatic carbocycles. The zero-order valence-corrected chi connectivity index (χ0v) is 9.28. The highest BCUT2D eigenvalue weighted by atomic mass is 16.1. The summed E-state index contributed by atoms with van der Waals surface area (Å²) in [6.45, 7) is 0. The fourth-order valence-electron chi connectivity index (χ4n) is 2.40. The Morgan fingerprint density at radius 1 is 1.53 bits per heavy atom. The van der Waals surface area contributed by atoms with E-state index in [9.17, 15) is 4.79 Å². The molecule has 0 atom stereocenters. The minimum Gasteiger partial charge on any atom is -0.299 e. The van der Waals surface area contributed by atoms with Gasteiger partial charge in [0.25, 0.3) is 0 Å². The van der Waals surface area contributed by atoms with E-state index in [0.29, 0.717) is 18.1 Å². The summed E-state index contributed by atoms with van der Waals surface area (Å²) in [7, 11) is 1.88. The molecular weight excluding hydrogens is 188 g/mol. The van der Waals surface area contributed by atoms with E-state index in [1.165, 1.54) is 25.7 Å². The number of nitrogens with zero attached hydrogens (tertiary/aromatic N) is 2. The van der Waals surface area contributed by atoms with Gasteiger partial charge in [0.1, 0.15) is 5.78 Å². The highest BCUT2D eigenvalue weighted by molar-refractivity contribution is 5.80. The lowest BCUT2D eigenvalue weighted by Crippen LogP contribution is -2.07. The molecule has 0 aliphatic heterocycles. The van der Waals surface area contributed by atoms with Crippen molar-refractivity contribution in [3.05, 3.63) is 18.0 Å². The van der Waals surface area contributed by atoms with Crippen LogP contribution in [0.15, 0.2) is 12.4 Å². The monoisotopic (exact) mass is 206 g/mol. The van der Waals surface area contributed by atoms with Crippen LogP contribution in [0.5, 0.6) is 0 Å². The molecule has 1 heterocycles. The number of carbonyl (C=O) groups is 1. The topological polar surface area (TPSA) is 34.9 Å². The minimum atomic E-state index is 0.370. The summed E-state index contributed by atoms with van der Waals surface area (Å²) in [5.74, 6) is 1.03. The Hall–Kier alpha value is -1.12. The maximum atomic E-state index is 11.7. The summed E-state index contributed by atoms with van der Waals surface area (Å²) in [6, 6.07) is 0. The van der Waals surface area contributed by atoms with E-state index in [1.807, 2.05) is 13.2 Å². The van der Waals surface area contributed by atoms with Crippen LogP contribution in [0, 0.1) is 5.92 Å². The van der Waals surface area contributed by atoms with Crippen LogP contribution < -0.4 is 0 Å². The van der Waals surface area contributed by atoms with E-state index in [0.717, 1.165) is 12.0 Å². The zero-order valence-electron chi connectivity index (χ0n) is 9.28. The summed E-state index contributed by atoms with van der Waals surface area (Å²) < 4.78 is 1.75. The van der Waals surface area contributed by atoms with Gasteiger partial charge in [-0.15, -0.1) is 0 Å². The second kappa shape index (κ2) is 4.60. The Labute approximate surface area is 90.5 Å². The van der Waals surface area contributed by atoms with Crippen molar-refractivity contribution in [1.82, 2.24) is 9.78 Å². The molecule has 3 heteroatoms. The van der Waals surface area contributed by atoms with Crippen molar-refractivity contribution >= 4 is 5.78 Å². The van der Waals surface area contributed by atoms with Crippen molar-refractivity contribution in [3.63, 3.8) is 0 Å². The van der Waals surface area contributed by atoms with Crippen LogP contribution in [0.4, 0.5) is 0 Å². The van der Waals surface area contributed by atoms with E-state index in [1.54, 1.807) is 10.9 Å². The number of rotatable bonds is 4. The lowest BCUT2D eigenvalue weighted by Gasteiger charge is -2.06. The number of aryl methyl sites for hydroxylation is 1. The summed E-state index contributed by atoms with van der Waals surface area (Å²) in [5.41, 5.74) is 1.04. The molecule has 1 aromatic heterocycles. The van der Waals surface area contributed by atoms with E-state index < -0.39 is 0 Å². The van der Waals surface area contributed by atoms with Crippen LogP contribution in [0.1, 0.15) is 37.7 Å². The van der Waals surface area contributed by atoms with Gasteiger partial charge in [-0.25, -0.2) is 0 Å². The molecule has 0 unspecified atom stereocenters. The lowest BCUT2D eigenvalue weighted by atomic mass is 9.98. The van der Waals surface area contributed by atoms with Crippen molar-refractivity contribution in [3.8, 4) is 0 Å². The average Bonchev–Trinajstić information content (AvgIpc) is 2.77. The molecule has 0 bridgehead atoms. The summed E-state index contributed by atoms with van der Waals surface area (Å²) in [5, 5.41) is 4.07. The Morgan fingerprint density at radius 3 is 2.87 bits per heavy atom. The van der Waals surface area contributed by atoms with Crippen molar-refractivity contribution in [1.29, 1.82) is 0 Å². The van der Waals surface area contributed by atoms with Gasteiger partial charge in [-0.3, -0.25) is 9.48 Å². The standard InChI is InChI=1S/C12H18N2O/c1-14-9-11(8-13-14)7-12(15)6-10-4-2-3-5-10/h8-10H,2-7H2,1H3. The number of Topliss-reactive ketones (excluding diaryl/α,β-unsaturated/α-hetero) is 1. The van der Waals surface area contributed by atoms with Gasteiger partial charge >= 0.3 is 0 Å². The molecule has 0 amide bonds. The summed E-state index contributed by atoms with van der Waals surface area (Å²) in [4.78, 5) is 11.7. The van der Waals surface area contributed by atoms with Crippen LogP contribution in [-0.4, -0.2) is 15.6 Å². The predicted octanol–water partition coefficient (Wildman–Crippen LogP) is 2.11. The van der Waals surface area contributed by atoms with Gasteiger partial charge in [-0.2, -0.15) is 5.10 Å². The number of hydrogen-bond acceptors (Lipinski definition) is 2. The predicted molar refractivity (Wildman–Crippen MR) is 58.5 cm³/mol. The van der Waals surface area contributed by atoms with Crippen LogP contribution in [0.3, 0.4) is 0 Å². The van der Waals surface area contributed by atoms with Gasteiger partial charge in [-0.05, 0) is 11.5 Å². The molecule has 3 nitrogen and oxygen atoms in total. The second-order valence-electron chi connectivity index (χ2n) is 4.59. The average molecular weight is 206 g/mol. The van der Waals surface area contributed by atoms with Gasteiger partial charge in [0.2, 0.25) is 0 Å². The molecule has 0 saturated heterocycles. The van der Waals surface area contributed by atoms with Gasteiger partial charge in [0.15, 0.2) is 0 Å². The largest absolute Gasteiger partial charge is 0.299 e. The Balaban J connectivity index is 1.81. The van der Waals surface area contributed by atoms with E-state index in [-0.39, 0.29) is 0 Å². The number of carbonyl (C=O) groups excluding carboxylic acids is 1. The lowest BCUT2D eigenvalue weighted by molar-refractivity contribution is -0.119. The minimum absolute atomic E-state index is 0.370. The first-order valence-corrected chi connectivity index (χ1v) is 5.73. The number of aromatic nitrogens is 2. The fourth-order valence-corrected chi connectivity index (χ4v) is 2.40. The summed E-state index contributed by atoms with van der Waals surface area (Å²) >= 11 is 0. The molecule has 0 N–H and O–H groups in total. The third-order valence-electron chi connectivity index (χ3n) is 3.15. The van der Waals surface area contributed by atoms with E-state index in [2.05, 4.69) is 5.10 Å². The maximum Gasteiger partial charge on any atom is 0.137 e. The van der Waals surface area contributed by atoms with Crippen molar-refractivity contribution in [2.45, 2.75) is 38.5 Å². The fraction of sp³-hybridized carbons (Fsp3) is 0.667. The van der Waals surface area contributed by atoms with Crippen LogP contribution >= 0.6 is 0 Å². The van der Waals surface area contributed by atoms with E-state index in [4.69, 9.17) is 0 Å². The molecule has 1 saturated carbocycles. The first-order chi connectivity index (χ1) is 7.24. The molecule has 82 valence electrons. The van der Waals surface area contributed by atoms with Gasteiger partial charge < -0.3 is 0 Å². The SMILES string of the molecule is Cn1cc(CC(=O)CC2CCCC2)cn1. The molecule has 2 rings (SSSR count). The van der Waals surface area contributed by atoms with Crippen molar-refractivity contribution < 1.29 is 4.79 Å². The van der Waals surface area contributed by atoms with Crippen LogP contribution in [0.25, 0.3) is 0 Å². The quantitative estimate of drug-likeness (QED) is 0.756.